The van der Waals surface area contributed by atoms with Gasteiger partial charge in [-0.2, -0.15) is 0 Å². The molecule has 122 valence electrons. The van der Waals surface area contributed by atoms with Crippen molar-refractivity contribution in [2.45, 2.75) is 45.2 Å². The highest BCUT2D eigenvalue weighted by Crippen LogP contribution is 2.07. The summed E-state index contributed by atoms with van der Waals surface area (Å²) in [4.78, 5) is 13.6. The molecule has 0 spiro atoms. The normalized spacial score (nSPS) is 19.9. The molecular weight excluding hydrogens is 274 g/mol. The van der Waals surface area contributed by atoms with E-state index in [9.17, 15) is 0 Å². The van der Waals surface area contributed by atoms with Crippen LogP contribution in [0.4, 0.5) is 0 Å². The predicted octanol–water partition coefficient (Wildman–Crippen LogP) is 2.15. The Labute approximate surface area is 134 Å². The summed E-state index contributed by atoms with van der Waals surface area (Å²) in [7, 11) is 0. The van der Waals surface area contributed by atoms with Crippen molar-refractivity contribution in [2.24, 2.45) is 20.7 Å². The van der Waals surface area contributed by atoms with Crippen LogP contribution in [0.5, 0.6) is 0 Å². The van der Waals surface area contributed by atoms with Crippen LogP contribution < -0.4 is 11.1 Å². The van der Waals surface area contributed by atoms with Crippen molar-refractivity contribution in [3.63, 3.8) is 0 Å². The molecule has 5 nitrogen and oxygen atoms in total. The standard InChI is InChI=1S/C17H29N5/c1-4-6-14(3)21-13-17(20-5-2)15(11-18)12-22-16-7-9-19-10-8-16/h4,11-14,16,19H,1,5-10,18H2,2-3H3. The Balaban J connectivity index is 2.76. The summed E-state index contributed by atoms with van der Waals surface area (Å²) in [5.41, 5.74) is 7.38. The quantitative estimate of drug-likeness (QED) is 0.532. The SMILES string of the molecule is C=CCC(C)N=CC(=NCC)C(C=NC1CCNCC1)=CN. The molecule has 1 aliphatic rings. The van der Waals surface area contributed by atoms with Gasteiger partial charge in [0.1, 0.15) is 0 Å². The van der Waals surface area contributed by atoms with E-state index in [0.717, 1.165) is 43.6 Å². The molecule has 1 atom stereocenters. The lowest BCUT2D eigenvalue weighted by Gasteiger charge is -2.18. The van der Waals surface area contributed by atoms with Crippen LogP contribution in [0.2, 0.25) is 0 Å². The highest BCUT2D eigenvalue weighted by Gasteiger charge is 2.11. The third-order valence-electron chi connectivity index (χ3n) is 3.50. The number of hydrogen-bond acceptors (Lipinski definition) is 5. The summed E-state index contributed by atoms with van der Waals surface area (Å²) >= 11 is 0. The topological polar surface area (TPSA) is 75.1 Å². The number of hydrogen-bond donors (Lipinski definition) is 2. The fraction of sp³-hybridized carbons (Fsp3) is 0.588. The Kier molecular flexibility index (Phi) is 9.07. The van der Waals surface area contributed by atoms with Gasteiger partial charge in [-0.1, -0.05) is 6.08 Å². The first-order valence-corrected chi connectivity index (χ1v) is 8.05. The van der Waals surface area contributed by atoms with Crippen LogP contribution in [0.1, 0.15) is 33.1 Å². The van der Waals surface area contributed by atoms with Gasteiger partial charge in [0.25, 0.3) is 0 Å². The molecule has 22 heavy (non-hydrogen) atoms. The van der Waals surface area contributed by atoms with Gasteiger partial charge in [-0.05, 0) is 46.2 Å². The minimum absolute atomic E-state index is 0.194. The van der Waals surface area contributed by atoms with Gasteiger partial charge < -0.3 is 11.1 Å². The van der Waals surface area contributed by atoms with E-state index in [4.69, 9.17) is 5.73 Å². The second-order valence-corrected chi connectivity index (χ2v) is 5.39. The van der Waals surface area contributed by atoms with Gasteiger partial charge in [-0.3, -0.25) is 15.0 Å². The minimum atomic E-state index is 0.194. The molecule has 1 saturated heterocycles. The maximum Gasteiger partial charge on any atom is 0.0854 e. The molecule has 1 aliphatic heterocycles. The van der Waals surface area contributed by atoms with Crippen molar-refractivity contribution in [1.29, 1.82) is 0 Å². The average molecular weight is 303 g/mol. The minimum Gasteiger partial charge on any atom is -0.404 e. The number of allylic oxidation sites excluding steroid dienone is 1. The van der Waals surface area contributed by atoms with Crippen molar-refractivity contribution < 1.29 is 0 Å². The van der Waals surface area contributed by atoms with Crippen LogP contribution in [0.3, 0.4) is 0 Å². The Morgan fingerprint density at radius 1 is 1.36 bits per heavy atom. The maximum absolute atomic E-state index is 5.76. The molecule has 1 rings (SSSR count). The molecule has 1 heterocycles. The van der Waals surface area contributed by atoms with E-state index in [1.807, 2.05) is 19.2 Å². The summed E-state index contributed by atoms with van der Waals surface area (Å²) < 4.78 is 0. The second-order valence-electron chi connectivity index (χ2n) is 5.39. The lowest BCUT2D eigenvalue weighted by molar-refractivity contribution is 0.461. The fourth-order valence-electron chi connectivity index (χ4n) is 2.21. The number of rotatable bonds is 8. The number of piperidine rings is 1. The molecule has 5 heteroatoms. The van der Waals surface area contributed by atoms with E-state index < -0.39 is 0 Å². The van der Waals surface area contributed by atoms with Gasteiger partial charge >= 0.3 is 0 Å². The highest BCUT2D eigenvalue weighted by molar-refractivity contribution is 6.43. The summed E-state index contributed by atoms with van der Waals surface area (Å²) in [6.45, 7) is 10.5. The molecule has 0 saturated carbocycles. The highest BCUT2D eigenvalue weighted by atomic mass is 14.9. The lowest BCUT2D eigenvalue weighted by Crippen LogP contribution is -2.30. The second kappa shape index (κ2) is 10.9. The van der Waals surface area contributed by atoms with Gasteiger partial charge in [-0.25, -0.2) is 0 Å². The summed E-state index contributed by atoms with van der Waals surface area (Å²) in [5, 5.41) is 3.34. The number of aliphatic imine (C=N–C) groups is 3. The molecule has 3 N–H and O–H groups in total. The monoisotopic (exact) mass is 303 g/mol. The van der Waals surface area contributed by atoms with E-state index >= 15 is 0 Å². The summed E-state index contributed by atoms with van der Waals surface area (Å²) in [5.74, 6) is 0. The van der Waals surface area contributed by atoms with Crippen molar-refractivity contribution in [1.82, 2.24) is 5.32 Å². The third kappa shape index (κ3) is 6.80. The zero-order valence-corrected chi connectivity index (χ0v) is 13.8. The van der Waals surface area contributed by atoms with Crippen LogP contribution in [-0.4, -0.2) is 49.9 Å². The van der Waals surface area contributed by atoms with Crippen molar-refractivity contribution in [3.05, 3.63) is 24.4 Å². The number of nitrogens with one attached hydrogen (secondary N) is 1. The third-order valence-corrected chi connectivity index (χ3v) is 3.50. The Morgan fingerprint density at radius 3 is 2.68 bits per heavy atom. The molecule has 0 bridgehead atoms. The van der Waals surface area contributed by atoms with Crippen molar-refractivity contribution in [3.8, 4) is 0 Å². The van der Waals surface area contributed by atoms with Gasteiger partial charge in [0.15, 0.2) is 0 Å². The average Bonchev–Trinajstić information content (AvgIpc) is 2.54. The van der Waals surface area contributed by atoms with Gasteiger partial charge in [0.05, 0.1) is 17.8 Å². The van der Waals surface area contributed by atoms with E-state index in [1.54, 1.807) is 12.4 Å². The largest absolute Gasteiger partial charge is 0.404 e. The smallest absolute Gasteiger partial charge is 0.0854 e. The molecule has 0 aromatic heterocycles. The van der Waals surface area contributed by atoms with Gasteiger partial charge in [-0.15, -0.1) is 6.58 Å². The molecule has 0 aliphatic carbocycles. The molecular formula is C17H29N5. The first kappa shape index (κ1) is 18.3. The maximum atomic E-state index is 5.76. The predicted molar refractivity (Wildman–Crippen MR) is 97.4 cm³/mol. The molecule has 0 aromatic carbocycles. The van der Waals surface area contributed by atoms with E-state index in [1.165, 1.54) is 0 Å². The molecule has 1 unspecified atom stereocenters. The zero-order valence-electron chi connectivity index (χ0n) is 13.8. The lowest BCUT2D eigenvalue weighted by atomic mass is 10.1. The van der Waals surface area contributed by atoms with Crippen molar-refractivity contribution >= 4 is 18.1 Å². The van der Waals surface area contributed by atoms with Crippen LogP contribution in [0, 0.1) is 0 Å². The molecule has 0 aromatic rings. The number of nitrogens with two attached hydrogens (primary N) is 1. The Morgan fingerprint density at radius 2 is 2.09 bits per heavy atom. The van der Waals surface area contributed by atoms with E-state index in [2.05, 4.69) is 33.8 Å². The summed E-state index contributed by atoms with van der Waals surface area (Å²) in [6, 6.07) is 0.565. The van der Waals surface area contributed by atoms with Crippen LogP contribution >= 0.6 is 0 Å². The fourth-order valence-corrected chi connectivity index (χ4v) is 2.21. The first-order chi connectivity index (χ1) is 10.7. The first-order valence-electron chi connectivity index (χ1n) is 8.05. The van der Waals surface area contributed by atoms with Crippen molar-refractivity contribution in [2.75, 3.05) is 19.6 Å². The number of nitrogens with zero attached hydrogens (tertiary/aromatic N) is 3. The molecule has 0 radical (unpaired) electrons. The Hall–Kier alpha value is -1.75. The molecule has 1 fully saturated rings. The zero-order chi connectivity index (χ0) is 16.2. The van der Waals surface area contributed by atoms with Gasteiger partial charge in [0.2, 0.25) is 0 Å². The van der Waals surface area contributed by atoms with E-state index in [-0.39, 0.29) is 6.04 Å². The molecule has 0 amide bonds. The van der Waals surface area contributed by atoms with Gasteiger partial charge in [0, 0.05) is 30.7 Å². The van der Waals surface area contributed by atoms with Crippen LogP contribution in [0.15, 0.2) is 39.4 Å². The van der Waals surface area contributed by atoms with E-state index in [0.29, 0.717) is 12.6 Å². The summed E-state index contributed by atoms with van der Waals surface area (Å²) in [6.07, 6.45) is 10.1. The van der Waals surface area contributed by atoms with Crippen LogP contribution in [0.25, 0.3) is 0 Å². The Bertz CT molecular complexity index is 442. The van der Waals surface area contributed by atoms with Crippen LogP contribution in [-0.2, 0) is 0 Å².